The van der Waals surface area contributed by atoms with E-state index in [-0.39, 0.29) is 0 Å². The largest absolute Gasteiger partial charge is 0.495 e. The molecular formula is C24H33NO4. The zero-order valence-corrected chi connectivity index (χ0v) is 18.6. The van der Waals surface area contributed by atoms with Gasteiger partial charge in [0.1, 0.15) is 5.75 Å². The van der Waals surface area contributed by atoms with Crippen LogP contribution in [0.4, 0.5) is 5.69 Å². The van der Waals surface area contributed by atoms with Gasteiger partial charge in [-0.15, -0.1) is 0 Å². The van der Waals surface area contributed by atoms with Gasteiger partial charge in [-0.1, -0.05) is 32.9 Å². The molecule has 3 rings (SSSR count). The highest BCUT2D eigenvalue weighted by Crippen LogP contribution is 2.47. The Kier molecular flexibility index (Phi) is 7.82. The molecule has 2 N–H and O–H groups in total. The van der Waals surface area contributed by atoms with E-state index in [0.717, 1.165) is 40.9 Å². The fourth-order valence-corrected chi connectivity index (χ4v) is 3.69. The minimum absolute atomic E-state index is 0.414. The number of ether oxygens (including phenoxy) is 4. The number of nitrogen functional groups attached to an aromatic ring is 1. The maximum Gasteiger partial charge on any atom is 0.203 e. The number of rotatable bonds is 5. The Bertz CT molecular complexity index is 874. The van der Waals surface area contributed by atoms with Crippen molar-refractivity contribution in [3.05, 3.63) is 47.0 Å². The number of hydrogen-bond acceptors (Lipinski definition) is 5. The molecule has 0 radical (unpaired) electrons. The summed E-state index contributed by atoms with van der Waals surface area (Å²) < 4.78 is 22.2. The number of anilines is 1. The van der Waals surface area contributed by atoms with Crippen LogP contribution in [0.2, 0.25) is 0 Å². The van der Waals surface area contributed by atoms with E-state index < -0.39 is 0 Å². The second kappa shape index (κ2) is 10.1. The number of nitrogens with two attached hydrogens (primary N) is 1. The number of allylic oxidation sites excluding steroid dienone is 1. The molecule has 29 heavy (non-hydrogen) atoms. The summed E-state index contributed by atoms with van der Waals surface area (Å²) in [6.45, 7) is 6.22. The van der Waals surface area contributed by atoms with Crippen molar-refractivity contribution in [2.75, 3.05) is 34.2 Å². The van der Waals surface area contributed by atoms with E-state index in [1.165, 1.54) is 0 Å². The molecule has 158 valence electrons. The van der Waals surface area contributed by atoms with Crippen molar-refractivity contribution in [3.63, 3.8) is 0 Å². The first-order chi connectivity index (χ1) is 14.0. The lowest BCUT2D eigenvalue weighted by molar-refractivity contribution is 0.321. The lowest BCUT2D eigenvalue weighted by Gasteiger charge is -2.20. The molecule has 1 unspecified atom stereocenters. The predicted molar refractivity (Wildman–Crippen MR) is 119 cm³/mol. The maximum atomic E-state index is 6.17. The van der Waals surface area contributed by atoms with E-state index in [1.807, 2.05) is 38.1 Å². The lowest BCUT2D eigenvalue weighted by atomic mass is 9.92. The minimum atomic E-state index is 0.414. The van der Waals surface area contributed by atoms with Crippen LogP contribution in [0, 0.1) is 5.92 Å². The summed E-state index contributed by atoms with van der Waals surface area (Å²) in [6.07, 6.45) is 4.21. The quantitative estimate of drug-likeness (QED) is 0.687. The molecule has 0 aliphatic heterocycles. The molecule has 5 nitrogen and oxygen atoms in total. The van der Waals surface area contributed by atoms with Gasteiger partial charge in [-0.3, -0.25) is 0 Å². The molecule has 0 bridgehead atoms. The van der Waals surface area contributed by atoms with Crippen LogP contribution < -0.4 is 24.7 Å². The van der Waals surface area contributed by atoms with Gasteiger partial charge in [0.2, 0.25) is 5.75 Å². The summed E-state index contributed by atoms with van der Waals surface area (Å²) in [7, 11) is 6.56. The van der Waals surface area contributed by atoms with Crippen molar-refractivity contribution >= 4 is 11.3 Å². The highest BCUT2D eigenvalue weighted by molar-refractivity contribution is 5.86. The average molecular weight is 400 g/mol. The Balaban J connectivity index is 0.00000145. The molecule has 0 saturated carbocycles. The first-order valence-corrected chi connectivity index (χ1v) is 10.0. The molecule has 2 aromatic rings. The summed E-state index contributed by atoms with van der Waals surface area (Å²) in [4.78, 5) is 0. The Morgan fingerprint density at radius 3 is 2.07 bits per heavy atom. The van der Waals surface area contributed by atoms with Crippen LogP contribution in [0.25, 0.3) is 5.57 Å². The van der Waals surface area contributed by atoms with Crippen LogP contribution in [0.5, 0.6) is 23.0 Å². The van der Waals surface area contributed by atoms with E-state index in [1.54, 1.807) is 28.4 Å². The highest BCUT2D eigenvalue weighted by Gasteiger charge is 2.25. The topological polar surface area (TPSA) is 62.9 Å². The van der Waals surface area contributed by atoms with Crippen molar-refractivity contribution in [3.8, 4) is 23.0 Å². The van der Waals surface area contributed by atoms with Crippen molar-refractivity contribution in [1.82, 2.24) is 0 Å². The molecular weight excluding hydrogens is 366 g/mol. The van der Waals surface area contributed by atoms with Gasteiger partial charge >= 0.3 is 0 Å². The third-order valence-electron chi connectivity index (χ3n) is 5.06. The first-order valence-electron chi connectivity index (χ1n) is 10.0. The summed E-state index contributed by atoms with van der Waals surface area (Å²) in [5.74, 6) is 3.09. The summed E-state index contributed by atoms with van der Waals surface area (Å²) in [6, 6.07) is 7.92. The fraction of sp³-hybridized carbons (Fsp3) is 0.417. The molecule has 2 aromatic carbocycles. The molecule has 0 amide bonds. The van der Waals surface area contributed by atoms with Gasteiger partial charge in [0.15, 0.2) is 11.5 Å². The van der Waals surface area contributed by atoms with E-state index in [0.29, 0.717) is 28.9 Å². The Morgan fingerprint density at radius 2 is 1.52 bits per heavy atom. The molecule has 1 aliphatic rings. The fourth-order valence-electron chi connectivity index (χ4n) is 3.69. The van der Waals surface area contributed by atoms with E-state index >= 15 is 0 Å². The van der Waals surface area contributed by atoms with Gasteiger partial charge in [0.05, 0.1) is 34.1 Å². The normalized spacial score (nSPS) is 15.1. The zero-order chi connectivity index (χ0) is 21.6. The van der Waals surface area contributed by atoms with E-state index in [2.05, 4.69) is 13.0 Å². The van der Waals surface area contributed by atoms with Gasteiger partial charge in [-0.25, -0.2) is 0 Å². The van der Waals surface area contributed by atoms with Crippen molar-refractivity contribution in [1.29, 1.82) is 0 Å². The molecule has 0 fully saturated rings. The number of hydrogen-bond donors (Lipinski definition) is 1. The Labute approximate surface area is 174 Å². The van der Waals surface area contributed by atoms with Gasteiger partial charge in [0.25, 0.3) is 0 Å². The molecule has 5 heteroatoms. The van der Waals surface area contributed by atoms with Crippen LogP contribution >= 0.6 is 0 Å². The third-order valence-corrected chi connectivity index (χ3v) is 5.06. The molecule has 0 spiro atoms. The second-order valence-electron chi connectivity index (χ2n) is 6.72. The minimum Gasteiger partial charge on any atom is -0.495 e. The summed E-state index contributed by atoms with van der Waals surface area (Å²) in [5.41, 5.74) is 11.1. The molecule has 0 aromatic heterocycles. The Morgan fingerprint density at radius 1 is 0.862 bits per heavy atom. The summed E-state index contributed by atoms with van der Waals surface area (Å²) >= 11 is 0. The second-order valence-corrected chi connectivity index (χ2v) is 6.72. The highest BCUT2D eigenvalue weighted by atomic mass is 16.5. The molecule has 1 aliphatic carbocycles. The average Bonchev–Trinajstić information content (AvgIpc) is 2.92. The van der Waals surface area contributed by atoms with Gasteiger partial charge < -0.3 is 24.7 Å². The third kappa shape index (κ3) is 4.44. The van der Waals surface area contributed by atoms with Crippen molar-refractivity contribution in [2.45, 2.75) is 33.6 Å². The number of benzene rings is 2. The van der Waals surface area contributed by atoms with Crippen LogP contribution in [0.1, 0.15) is 43.9 Å². The number of methoxy groups -OCH3 is 4. The van der Waals surface area contributed by atoms with Crippen LogP contribution in [-0.2, 0) is 6.42 Å². The smallest absolute Gasteiger partial charge is 0.203 e. The summed E-state index contributed by atoms with van der Waals surface area (Å²) in [5, 5.41) is 0. The predicted octanol–water partition coefficient (Wildman–Crippen LogP) is 5.34. The van der Waals surface area contributed by atoms with Crippen molar-refractivity contribution < 1.29 is 18.9 Å². The van der Waals surface area contributed by atoms with E-state index in [4.69, 9.17) is 24.7 Å². The molecule has 0 saturated heterocycles. The molecule has 0 heterocycles. The van der Waals surface area contributed by atoms with Gasteiger partial charge in [-0.05, 0) is 53.7 Å². The van der Waals surface area contributed by atoms with Crippen LogP contribution in [0.15, 0.2) is 30.3 Å². The first kappa shape index (κ1) is 22.5. The van der Waals surface area contributed by atoms with E-state index in [9.17, 15) is 0 Å². The van der Waals surface area contributed by atoms with Gasteiger partial charge in [-0.2, -0.15) is 0 Å². The number of fused-ring (bicyclic) bond motifs is 1. The molecule has 1 atom stereocenters. The monoisotopic (exact) mass is 399 g/mol. The Hall–Kier alpha value is -2.82. The SMILES string of the molecule is CC.COc1ccc(C2=CC(C)CCc3c2cc(OC)c(OC)c3OC)cc1N. The maximum absolute atomic E-state index is 6.17. The van der Waals surface area contributed by atoms with Crippen LogP contribution in [0.3, 0.4) is 0 Å². The van der Waals surface area contributed by atoms with Crippen LogP contribution in [-0.4, -0.2) is 28.4 Å². The lowest BCUT2D eigenvalue weighted by Crippen LogP contribution is -2.03. The van der Waals surface area contributed by atoms with Gasteiger partial charge in [0, 0.05) is 5.56 Å². The van der Waals surface area contributed by atoms with Crippen molar-refractivity contribution in [2.24, 2.45) is 5.92 Å². The standard InChI is InChI=1S/C22H27NO4.C2H6/c1-13-6-8-15-17(12-20(25-3)22(27-5)21(15)26-4)16(10-13)14-7-9-19(24-2)18(23)11-14;1-2/h7,9-13H,6,8,23H2,1-5H3;1-2H3. The zero-order valence-electron chi connectivity index (χ0n) is 18.6.